The summed E-state index contributed by atoms with van der Waals surface area (Å²) in [6.07, 6.45) is 0.873. The molecule has 0 fully saturated rings. The van der Waals surface area contributed by atoms with Crippen LogP contribution < -0.4 is 14.8 Å². The Bertz CT molecular complexity index is 613. The van der Waals surface area contributed by atoms with Crippen molar-refractivity contribution in [3.8, 4) is 17.2 Å². The Hall–Kier alpha value is -2.20. The molecule has 0 aliphatic carbocycles. The molecule has 1 atom stereocenters. The normalized spacial score (nSPS) is 12.0. The molecule has 0 spiro atoms. The maximum atomic E-state index is 9.85. The molecule has 118 valence electrons. The molecule has 0 bridgehead atoms. The van der Waals surface area contributed by atoms with Crippen LogP contribution in [0.2, 0.25) is 0 Å². The van der Waals surface area contributed by atoms with E-state index < -0.39 is 0 Å². The molecule has 0 aromatic heterocycles. The standard InChI is InChI=1S/C18H23NO3/c1-13(15-6-4-5-7-16(15)20)19-11-10-14-8-9-17(21-2)18(12-14)22-3/h4-9,12-13,19-20H,10-11H2,1-3H3/t13-/m0/s1. The molecule has 0 aliphatic heterocycles. The number of phenolic OH excluding ortho intramolecular Hbond substituents is 1. The fourth-order valence-corrected chi connectivity index (χ4v) is 2.43. The topological polar surface area (TPSA) is 50.7 Å². The first-order valence-corrected chi connectivity index (χ1v) is 7.38. The Morgan fingerprint density at radius 3 is 2.45 bits per heavy atom. The largest absolute Gasteiger partial charge is 0.508 e. The fourth-order valence-electron chi connectivity index (χ4n) is 2.43. The number of benzene rings is 2. The van der Waals surface area contributed by atoms with Crippen LogP contribution in [0.5, 0.6) is 17.2 Å². The molecule has 0 radical (unpaired) electrons. The Labute approximate surface area is 131 Å². The highest BCUT2D eigenvalue weighted by atomic mass is 16.5. The molecule has 0 amide bonds. The van der Waals surface area contributed by atoms with E-state index in [1.807, 2.05) is 43.3 Å². The van der Waals surface area contributed by atoms with Crippen molar-refractivity contribution < 1.29 is 14.6 Å². The van der Waals surface area contributed by atoms with Gasteiger partial charge >= 0.3 is 0 Å². The lowest BCUT2D eigenvalue weighted by atomic mass is 10.1. The Kier molecular flexibility index (Phi) is 5.67. The zero-order valence-corrected chi connectivity index (χ0v) is 13.3. The minimum Gasteiger partial charge on any atom is -0.508 e. The van der Waals surface area contributed by atoms with Gasteiger partial charge in [0.25, 0.3) is 0 Å². The van der Waals surface area contributed by atoms with E-state index in [0.717, 1.165) is 30.0 Å². The molecule has 22 heavy (non-hydrogen) atoms. The van der Waals surface area contributed by atoms with Crippen molar-refractivity contribution in [1.82, 2.24) is 5.32 Å². The summed E-state index contributed by atoms with van der Waals surface area (Å²) >= 11 is 0. The monoisotopic (exact) mass is 301 g/mol. The molecule has 4 nitrogen and oxygen atoms in total. The van der Waals surface area contributed by atoms with E-state index >= 15 is 0 Å². The number of aromatic hydroxyl groups is 1. The number of para-hydroxylation sites is 1. The molecule has 0 unspecified atom stereocenters. The van der Waals surface area contributed by atoms with Crippen LogP contribution in [0.3, 0.4) is 0 Å². The van der Waals surface area contributed by atoms with Crippen LogP contribution >= 0.6 is 0 Å². The van der Waals surface area contributed by atoms with Gasteiger partial charge in [-0.1, -0.05) is 24.3 Å². The highest BCUT2D eigenvalue weighted by molar-refractivity contribution is 5.43. The minimum absolute atomic E-state index is 0.0985. The molecule has 2 aromatic carbocycles. The molecule has 0 saturated carbocycles. The van der Waals surface area contributed by atoms with Crippen LogP contribution in [0.1, 0.15) is 24.1 Å². The average Bonchev–Trinajstić information content (AvgIpc) is 2.55. The first-order valence-electron chi connectivity index (χ1n) is 7.38. The lowest BCUT2D eigenvalue weighted by Gasteiger charge is -2.16. The first kappa shape index (κ1) is 16.2. The predicted molar refractivity (Wildman–Crippen MR) is 87.8 cm³/mol. The number of nitrogens with one attached hydrogen (secondary N) is 1. The van der Waals surface area contributed by atoms with E-state index in [1.165, 1.54) is 5.56 Å². The van der Waals surface area contributed by atoms with Gasteiger partial charge in [-0.25, -0.2) is 0 Å². The van der Waals surface area contributed by atoms with Crippen LogP contribution in [-0.2, 0) is 6.42 Å². The van der Waals surface area contributed by atoms with Gasteiger partial charge in [0.15, 0.2) is 11.5 Å². The van der Waals surface area contributed by atoms with Gasteiger partial charge in [0.1, 0.15) is 5.75 Å². The number of rotatable bonds is 7. The van der Waals surface area contributed by atoms with Gasteiger partial charge in [0, 0.05) is 11.6 Å². The molecule has 0 heterocycles. The van der Waals surface area contributed by atoms with Crippen molar-refractivity contribution in [3.63, 3.8) is 0 Å². The van der Waals surface area contributed by atoms with E-state index in [4.69, 9.17) is 9.47 Å². The second-order valence-corrected chi connectivity index (χ2v) is 5.17. The minimum atomic E-state index is 0.0985. The van der Waals surface area contributed by atoms with Gasteiger partial charge in [-0.15, -0.1) is 0 Å². The van der Waals surface area contributed by atoms with Crippen LogP contribution in [0.25, 0.3) is 0 Å². The molecule has 0 saturated heterocycles. The third kappa shape index (κ3) is 3.92. The fraction of sp³-hybridized carbons (Fsp3) is 0.333. The summed E-state index contributed by atoms with van der Waals surface area (Å²) < 4.78 is 10.5. The predicted octanol–water partition coefficient (Wildman–Crippen LogP) is 3.30. The van der Waals surface area contributed by atoms with E-state index in [9.17, 15) is 5.11 Å². The summed E-state index contributed by atoms with van der Waals surface area (Å²) in [7, 11) is 3.27. The van der Waals surface area contributed by atoms with Gasteiger partial charge in [-0.3, -0.25) is 0 Å². The van der Waals surface area contributed by atoms with Crippen molar-refractivity contribution in [2.75, 3.05) is 20.8 Å². The third-order valence-corrected chi connectivity index (χ3v) is 3.72. The number of hydrogen-bond acceptors (Lipinski definition) is 4. The van der Waals surface area contributed by atoms with Gasteiger partial charge < -0.3 is 19.9 Å². The Balaban J connectivity index is 1.92. The van der Waals surface area contributed by atoms with Gasteiger partial charge in [-0.2, -0.15) is 0 Å². The number of ether oxygens (including phenoxy) is 2. The third-order valence-electron chi connectivity index (χ3n) is 3.72. The van der Waals surface area contributed by atoms with Crippen LogP contribution in [0.15, 0.2) is 42.5 Å². The molecule has 2 aromatic rings. The van der Waals surface area contributed by atoms with E-state index in [2.05, 4.69) is 5.32 Å². The molecular weight excluding hydrogens is 278 g/mol. The highest BCUT2D eigenvalue weighted by Gasteiger charge is 2.09. The van der Waals surface area contributed by atoms with Crippen molar-refractivity contribution in [2.24, 2.45) is 0 Å². The summed E-state index contributed by atoms with van der Waals surface area (Å²) in [6.45, 7) is 2.86. The molecule has 2 N–H and O–H groups in total. The molecular formula is C18H23NO3. The second kappa shape index (κ2) is 7.71. The summed E-state index contributed by atoms with van der Waals surface area (Å²) in [5.74, 6) is 1.81. The lowest BCUT2D eigenvalue weighted by Crippen LogP contribution is -2.21. The summed E-state index contributed by atoms with van der Waals surface area (Å²) in [5, 5.41) is 13.3. The zero-order valence-electron chi connectivity index (χ0n) is 13.3. The van der Waals surface area contributed by atoms with Crippen molar-refractivity contribution in [1.29, 1.82) is 0 Å². The average molecular weight is 301 g/mol. The van der Waals surface area contributed by atoms with E-state index in [-0.39, 0.29) is 6.04 Å². The van der Waals surface area contributed by atoms with Crippen LogP contribution in [0, 0.1) is 0 Å². The summed E-state index contributed by atoms with van der Waals surface area (Å²) in [6, 6.07) is 13.4. The van der Waals surface area contributed by atoms with E-state index in [1.54, 1.807) is 20.3 Å². The Morgan fingerprint density at radius 1 is 1.05 bits per heavy atom. The SMILES string of the molecule is COc1ccc(CCN[C@@H](C)c2ccccc2O)cc1OC. The highest BCUT2D eigenvalue weighted by Crippen LogP contribution is 2.28. The Morgan fingerprint density at radius 2 is 1.77 bits per heavy atom. The number of methoxy groups -OCH3 is 2. The van der Waals surface area contributed by atoms with Crippen molar-refractivity contribution in [3.05, 3.63) is 53.6 Å². The lowest BCUT2D eigenvalue weighted by molar-refractivity contribution is 0.354. The summed E-state index contributed by atoms with van der Waals surface area (Å²) in [5.41, 5.74) is 2.09. The van der Waals surface area contributed by atoms with Gasteiger partial charge in [0.05, 0.1) is 14.2 Å². The second-order valence-electron chi connectivity index (χ2n) is 5.17. The molecule has 0 aliphatic rings. The van der Waals surface area contributed by atoms with Gasteiger partial charge in [0.2, 0.25) is 0 Å². The smallest absolute Gasteiger partial charge is 0.160 e. The van der Waals surface area contributed by atoms with Crippen LogP contribution in [-0.4, -0.2) is 25.9 Å². The molecule has 4 heteroatoms. The molecule has 2 rings (SSSR count). The zero-order chi connectivity index (χ0) is 15.9. The van der Waals surface area contributed by atoms with Crippen molar-refractivity contribution in [2.45, 2.75) is 19.4 Å². The van der Waals surface area contributed by atoms with E-state index in [0.29, 0.717) is 5.75 Å². The maximum absolute atomic E-state index is 9.85. The number of hydrogen-bond donors (Lipinski definition) is 2. The first-order chi connectivity index (χ1) is 10.7. The number of phenols is 1. The quantitative estimate of drug-likeness (QED) is 0.824. The van der Waals surface area contributed by atoms with Crippen LogP contribution in [0.4, 0.5) is 0 Å². The maximum Gasteiger partial charge on any atom is 0.160 e. The van der Waals surface area contributed by atoms with Crippen molar-refractivity contribution >= 4 is 0 Å². The van der Waals surface area contributed by atoms with Gasteiger partial charge in [-0.05, 0) is 43.7 Å². The summed E-state index contributed by atoms with van der Waals surface area (Å²) in [4.78, 5) is 0.